The molecule has 2 heterocycles. The van der Waals surface area contributed by atoms with Crippen LogP contribution in [0.25, 0.3) is 21.3 Å². The second-order valence-electron chi connectivity index (χ2n) is 6.19. The summed E-state index contributed by atoms with van der Waals surface area (Å²) in [6.07, 6.45) is 1.44. The summed E-state index contributed by atoms with van der Waals surface area (Å²) in [5.74, 6) is 0.0723. The number of benzene rings is 2. The average Bonchev–Trinajstić information content (AvgIpc) is 3.13. The molecule has 0 saturated carbocycles. The Morgan fingerprint density at radius 2 is 1.93 bits per heavy atom. The van der Waals surface area contributed by atoms with Crippen LogP contribution in [0.15, 0.2) is 60.2 Å². The maximum atomic E-state index is 12.3. The summed E-state index contributed by atoms with van der Waals surface area (Å²) < 4.78 is 5.74. The van der Waals surface area contributed by atoms with Crippen LogP contribution in [-0.4, -0.2) is 22.5 Å². The van der Waals surface area contributed by atoms with Crippen molar-refractivity contribution in [1.29, 1.82) is 0 Å². The molecule has 0 radical (unpaired) electrons. The van der Waals surface area contributed by atoms with E-state index in [0.29, 0.717) is 16.6 Å². The summed E-state index contributed by atoms with van der Waals surface area (Å²) in [4.78, 5) is 21.6. The van der Waals surface area contributed by atoms with E-state index in [2.05, 4.69) is 39.6 Å². The van der Waals surface area contributed by atoms with E-state index in [1.54, 1.807) is 24.3 Å². The number of fused-ring (bicyclic) bond motifs is 1. The fraction of sp³-hybridized carbons (Fsp3) is 0.0952. The summed E-state index contributed by atoms with van der Waals surface area (Å²) in [7, 11) is 0. The minimum Gasteiger partial charge on any atom is -0.467 e. The molecular weight excluding hydrogens is 394 g/mol. The Labute approximate surface area is 171 Å². The largest absolute Gasteiger partial charge is 0.467 e. The lowest BCUT2D eigenvalue weighted by Crippen LogP contribution is -2.20. The van der Waals surface area contributed by atoms with Gasteiger partial charge in [0, 0.05) is 10.9 Å². The van der Waals surface area contributed by atoms with Gasteiger partial charge in [0.15, 0.2) is 6.61 Å². The number of anilines is 1. The van der Waals surface area contributed by atoms with E-state index in [1.165, 1.54) is 23.2 Å². The van der Waals surface area contributed by atoms with E-state index in [1.807, 2.05) is 12.3 Å². The first-order chi connectivity index (χ1) is 13.6. The highest BCUT2D eigenvalue weighted by Gasteiger charge is 2.15. The van der Waals surface area contributed by atoms with Crippen LogP contribution in [0, 0.1) is 6.92 Å². The zero-order valence-corrected chi connectivity index (χ0v) is 16.6. The van der Waals surface area contributed by atoms with E-state index in [4.69, 9.17) is 16.3 Å². The molecule has 140 valence electrons. The lowest BCUT2D eigenvalue weighted by molar-refractivity contribution is -0.118. The molecule has 0 bridgehead atoms. The molecule has 5 nitrogen and oxygen atoms in total. The van der Waals surface area contributed by atoms with E-state index in [-0.39, 0.29) is 12.5 Å². The number of hydrogen-bond donors (Lipinski definition) is 1. The van der Waals surface area contributed by atoms with E-state index >= 15 is 0 Å². The van der Waals surface area contributed by atoms with E-state index < -0.39 is 0 Å². The highest BCUT2D eigenvalue weighted by Crippen LogP contribution is 2.37. The molecule has 0 unspecified atom stereocenters. The van der Waals surface area contributed by atoms with Crippen molar-refractivity contribution >= 4 is 44.7 Å². The molecule has 0 aliphatic rings. The van der Waals surface area contributed by atoms with Crippen LogP contribution < -0.4 is 10.1 Å². The summed E-state index contributed by atoms with van der Waals surface area (Å²) in [6.45, 7) is 1.87. The van der Waals surface area contributed by atoms with Gasteiger partial charge in [-0.3, -0.25) is 4.79 Å². The van der Waals surface area contributed by atoms with Crippen LogP contribution in [0.1, 0.15) is 5.56 Å². The predicted molar refractivity (Wildman–Crippen MR) is 113 cm³/mol. The summed E-state index contributed by atoms with van der Waals surface area (Å²) in [5.41, 5.74) is 3.77. The van der Waals surface area contributed by atoms with E-state index in [0.717, 1.165) is 21.3 Å². The first-order valence-corrected chi connectivity index (χ1v) is 9.84. The molecule has 0 aliphatic carbocycles. The molecular formula is C21H16ClN3O2S. The number of halogens is 1. The van der Waals surface area contributed by atoms with Crippen LogP contribution >= 0.6 is 22.9 Å². The maximum absolute atomic E-state index is 12.3. The molecule has 7 heteroatoms. The predicted octanol–water partition coefficient (Wildman–Crippen LogP) is 5.34. The summed E-state index contributed by atoms with van der Waals surface area (Å²) in [6, 6.07) is 15.3. The zero-order valence-electron chi connectivity index (χ0n) is 15.0. The molecule has 0 saturated heterocycles. The Bertz CT molecular complexity index is 1140. The van der Waals surface area contributed by atoms with Gasteiger partial charge in [0.1, 0.15) is 11.2 Å². The van der Waals surface area contributed by atoms with Gasteiger partial charge in [0.05, 0.1) is 16.1 Å². The minimum absolute atomic E-state index is 0.180. The normalized spacial score (nSPS) is 10.8. The molecule has 2 aromatic carbocycles. The highest BCUT2D eigenvalue weighted by molar-refractivity contribution is 7.17. The number of ether oxygens (including phenoxy) is 1. The SMILES string of the molecule is Cc1ccc(-c2csc3ncnc(OCC(=O)Nc4ccccc4Cl)c23)cc1. The summed E-state index contributed by atoms with van der Waals surface area (Å²) >= 11 is 7.59. The van der Waals surface area contributed by atoms with Crippen molar-refractivity contribution in [2.45, 2.75) is 6.92 Å². The number of carbonyl (C=O) groups excluding carboxylic acids is 1. The van der Waals surface area contributed by atoms with Crippen molar-refractivity contribution < 1.29 is 9.53 Å². The number of amides is 1. The number of aryl methyl sites for hydroxylation is 1. The van der Waals surface area contributed by atoms with Crippen molar-refractivity contribution in [3.05, 3.63) is 70.8 Å². The number of nitrogens with zero attached hydrogens (tertiary/aromatic N) is 2. The molecule has 4 aromatic rings. The fourth-order valence-corrected chi connectivity index (χ4v) is 3.87. The van der Waals surface area contributed by atoms with Crippen LogP contribution in [0.3, 0.4) is 0 Å². The summed E-state index contributed by atoms with van der Waals surface area (Å²) in [5, 5.41) is 6.05. The third-order valence-electron chi connectivity index (χ3n) is 4.19. The third kappa shape index (κ3) is 3.83. The lowest BCUT2D eigenvalue weighted by Gasteiger charge is -2.09. The molecule has 1 amide bonds. The Morgan fingerprint density at radius 3 is 2.71 bits per heavy atom. The van der Waals surface area contributed by atoms with Gasteiger partial charge in [-0.25, -0.2) is 9.97 Å². The molecule has 1 N–H and O–H groups in total. The zero-order chi connectivity index (χ0) is 19.5. The number of rotatable bonds is 5. The van der Waals surface area contributed by atoms with Gasteiger partial charge in [-0.15, -0.1) is 11.3 Å². The average molecular weight is 410 g/mol. The lowest BCUT2D eigenvalue weighted by atomic mass is 10.0. The monoisotopic (exact) mass is 409 g/mol. The topological polar surface area (TPSA) is 64.1 Å². The Hall–Kier alpha value is -2.96. The molecule has 2 aromatic heterocycles. The van der Waals surface area contributed by atoms with Gasteiger partial charge < -0.3 is 10.1 Å². The number of hydrogen-bond acceptors (Lipinski definition) is 5. The van der Waals surface area contributed by atoms with Crippen molar-refractivity contribution in [1.82, 2.24) is 9.97 Å². The number of aromatic nitrogens is 2. The standard InChI is InChI=1S/C21H16ClN3O2S/c1-13-6-8-14(9-7-13)15-11-28-21-19(15)20(23-12-24-21)27-10-18(26)25-17-5-3-2-4-16(17)22/h2-9,11-12H,10H2,1H3,(H,25,26). The number of para-hydroxylation sites is 1. The van der Waals surface area contributed by atoms with Crippen LogP contribution in [0.2, 0.25) is 5.02 Å². The molecule has 0 fully saturated rings. The Morgan fingerprint density at radius 1 is 1.14 bits per heavy atom. The molecule has 0 spiro atoms. The first-order valence-electron chi connectivity index (χ1n) is 8.58. The fourth-order valence-electron chi connectivity index (χ4n) is 2.79. The van der Waals surface area contributed by atoms with Crippen molar-refractivity contribution in [2.24, 2.45) is 0 Å². The van der Waals surface area contributed by atoms with Gasteiger partial charge >= 0.3 is 0 Å². The minimum atomic E-state index is -0.313. The van der Waals surface area contributed by atoms with Gasteiger partial charge in [0.2, 0.25) is 5.88 Å². The van der Waals surface area contributed by atoms with Crippen molar-refractivity contribution in [3.8, 4) is 17.0 Å². The van der Waals surface area contributed by atoms with Crippen molar-refractivity contribution in [3.63, 3.8) is 0 Å². The first kappa shape index (κ1) is 18.4. The molecule has 0 atom stereocenters. The van der Waals surface area contributed by atoms with Gasteiger partial charge in [0.25, 0.3) is 5.91 Å². The van der Waals surface area contributed by atoms with Crippen molar-refractivity contribution in [2.75, 3.05) is 11.9 Å². The maximum Gasteiger partial charge on any atom is 0.262 e. The number of thiophene rings is 1. The molecule has 4 rings (SSSR count). The van der Waals surface area contributed by atoms with Gasteiger partial charge in [-0.1, -0.05) is 53.6 Å². The smallest absolute Gasteiger partial charge is 0.262 e. The Balaban J connectivity index is 1.57. The molecule has 28 heavy (non-hydrogen) atoms. The van der Waals surface area contributed by atoms with Crippen LogP contribution in [-0.2, 0) is 4.79 Å². The second kappa shape index (κ2) is 7.96. The quantitative estimate of drug-likeness (QED) is 0.483. The van der Waals surface area contributed by atoms with Gasteiger partial charge in [-0.05, 0) is 24.6 Å². The molecule has 0 aliphatic heterocycles. The van der Waals surface area contributed by atoms with E-state index in [9.17, 15) is 4.79 Å². The highest BCUT2D eigenvalue weighted by atomic mass is 35.5. The van der Waals surface area contributed by atoms with Crippen LogP contribution in [0.4, 0.5) is 5.69 Å². The van der Waals surface area contributed by atoms with Crippen LogP contribution in [0.5, 0.6) is 5.88 Å². The van der Waals surface area contributed by atoms with Gasteiger partial charge in [-0.2, -0.15) is 0 Å². The Kier molecular flexibility index (Phi) is 5.23. The number of carbonyl (C=O) groups is 1. The number of nitrogens with one attached hydrogen (secondary N) is 1. The second-order valence-corrected chi connectivity index (χ2v) is 7.46. The third-order valence-corrected chi connectivity index (χ3v) is 5.40.